The van der Waals surface area contributed by atoms with E-state index in [1.165, 1.54) is 0 Å². The van der Waals surface area contributed by atoms with Crippen LogP contribution in [0.3, 0.4) is 0 Å². The van der Waals surface area contributed by atoms with Gasteiger partial charge in [-0.2, -0.15) is 0 Å². The first-order chi connectivity index (χ1) is 7.76. The Hall–Kier alpha value is -1.38. The Balaban J connectivity index is 2.07. The molecule has 1 aliphatic rings. The molecular weight excluding hydrogens is 212 g/mol. The van der Waals surface area contributed by atoms with Crippen molar-refractivity contribution < 1.29 is 4.79 Å². The Kier molecular flexibility index (Phi) is 2.53. The van der Waals surface area contributed by atoms with E-state index >= 15 is 0 Å². The fourth-order valence-electron chi connectivity index (χ4n) is 2.59. The maximum atomic E-state index is 12.1. The van der Waals surface area contributed by atoms with Crippen molar-refractivity contribution >= 4 is 11.7 Å². The zero-order valence-corrected chi connectivity index (χ0v) is 11.2. The highest BCUT2D eigenvalue weighted by atomic mass is 16.2. The van der Waals surface area contributed by atoms with E-state index in [0.717, 1.165) is 5.56 Å². The lowest BCUT2D eigenvalue weighted by molar-refractivity contribution is -0.118. The first-order valence-corrected chi connectivity index (χ1v) is 6.00. The van der Waals surface area contributed by atoms with Crippen molar-refractivity contribution in [1.29, 1.82) is 0 Å². The average molecular weight is 232 g/mol. The summed E-state index contributed by atoms with van der Waals surface area (Å²) in [6, 6.07) is 3.79. The number of amides is 1. The van der Waals surface area contributed by atoms with Crippen LogP contribution in [0.5, 0.6) is 0 Å². The monoisotopic (exact) mass is 232 g/mol. The molecule has 1 aromatic heterocycles. The summed E-state index contributed by atoms with van der Waals surface area (Å²) in [5.41, 5.74) is 1.24. The van der Waals surface area contributed by atoms with Gasteiger partial charge in [0.05, 0.1) is 0 Å². The smallest absolute Gasteiger partial charge is 0.229 e. The number of aryl methyl sites for hydroxylation is 1. The largest absolute Gasteiger partial charge is 0.310 e. The third-order valence-electron chi connectivity index (χ3n) is 4.45. The molecule has 1 fully saturated rings. The van der Waals surface area contributed by atoms with Gasteiger partial charge in [0.25, 0.3) is 0 Å². The van der Waals surface area contributed by atoms with Crippen molar-refractivity contribution in [2.24, 2.45) is 16.7 Å². The highest BCUT2D eigenvalue weighted by molar-refractivity contribution is 5.95. The zero-order valence-electron chi connectivity index (χ0n) is 11.2. The number of rotatable bonds is 2. The van der Waals surface area contributed by atoms with Crippen LogP contribution in [0.25, 0.3) is 0 Å². The quantitative estimate of drug-likeness (QED) is 0.851. The van der Waals surface area contributed by atoms with Gasteiger partial charge in [-0.25, -0.2) is 4.98 Å². The minimum absolute atomic E-state index is 0.0677. The molecule has 1 amide bonds. The van der Waals surface area contributed by atoms with Crippen LogP contribution < -0.4 is 5.32 Å². The summed E-state index contributed by atoms with van der Waals surface area (Å²) in [7, 11) is 0. The second kappa shape index (κ2) is 3.56. The van der Waals surface area contributed by atoms with Gasteiger partial charge in [-0.15, -0.1) is 0 Å². The molecule has 0 radical (unpaired) electrons. The van der Waals surface area contributed by atoms with Crippen molar-refractivity contribution in [2.45, 2.75) is 34.6 Å². The summed E-state index contributed by atoms with van der Waals surface area (Å²) in [4.78, 5) is 16.3. The average Bonchev–Trinajstić information content (AvgIpc) is 2.61. The lowest BCUT2D eigenvalue weighted by Crippen LogP contribution is -2.18. The minimum Gasteiger partial charge on any atom is -0.310 e. The second-order valence-electron chi connectivity index (χ2n) is 6.09. The Morgan fingerprint density at radius 3 is 2.24 bits per heavy atom. The van der Waals surface area contributed by atoms with Crippen LogP contribution in [0.15, 0.2) is 18.3 Å². The number of pyridine rings is 1. The SMILES string of the molecule is Cc1ccc(NC(=O)C2C(C)(C)C2(C)C)nc1. The van der Waals surface area contributed by atoms with Gasteiger partial charge in [0.1, 0.15) is 5.82 Å². The highest BCUT2D eigenvalue weighted by Gasteiger charge is 2.68. The molecule has 0 unspecified atom stereocenters. The van der Waals surface area contributed by atoms with Crippen molar-refractivity contribution in [3.8, 4) is 0 Å². The van der Waals surface area contributed by atoms with Crippen LogP contribution in [0.2, 0.25) is 0 Å². The summed E-state index contributed by atoms with van der Waals surface area (Å²) < 4.78 is 0. The predicted molar refractivity (Wildman–Crippen MR) is 68.7 cm³/mol. The lowest BCUT2D eigenvalue weighted by Gasteiger charge is -2.05. The summed E-state index contributed by atoms with van der Waals surface area (Å²) in [6.07, 6.45) is 1.76. The molecule has 2 rings (SSSR count). The van der Waals surface area contributed by atoms with Crippen molar-refractivity contribution in [3.63, 3.8) is 0 Å². The van der Waals surface area contributed by atoms with Crippen LogP contribution in [0.1, 0.15) is 33.3 Å². The number of nitrogens with one attached hydrogen (secondary N) is 1. The Morgan fingerprint density at radius 2 is 1.82 bits per heavy atom. The number of carbonyl (C=O) groups excluding carboxylic acids is 1. The predicted octanol–water partition coefficient (Wildman–Crippen LogP) is 3.01. The molecule has 1 N–H and O–H groups in total. The van der Waals surface area contributed by atoms with E-state index in [2.05, 4.69) is 38.0 Å². The Morgan fingerprint density at radius 1 is 1.24 bits per heavy atom. The number of nitrogens with zero attached hydrogens (tertiary/aromatic N) is 1. The number of hydrogen-bond acceptors (Lipinski definition) is 2. The van der Waals surface area contributed by atoms with Crippen LogP contribution in [0.4, 0.5) is 5.82 Å². The first kappa shape index (κ1) is 12.1. The van der Waals surface area contributed by atoms with E-state index in [0.29, 0.717) is 5.82 Å². The topological polar surface area (TPSA) is 42.0 Å². The molecule has 1 heterocycles. The highest BCUT2D eigenvalue weighted by Crippen LogP contribution is 2.68. The van der Waals surface area contributed by atoms with Crippen LogP contribution in [0, 0.1) is 23.7 Å². The lowest BCUT2D eigenvalue weighted by atomic mass is 10.0. The maximum absolute atomic E-state index is 12.1. The molecule has 17 heavy (non-hydrogen) atoms. The van der Waals surface area contributed by atoms with Crippen LogP contribution in [-0.4, -0.2) is 10.9 Å². The molecule has 0 aliphatic heterocycles. The second-order valence-corrected chi connectivity index (χ2v) is 6.09. The fourth-order valence-corrected chi connectivity index (χ4v) is 2.59. The van der Waals surface area contributed by atoms with Crippen LogP contribution >= 0.6 is 0 Å². The van der Waals surface area contributed by atoms with Gasteiger partial charge in [0.15, 0.2) is 0 Å². The summed E-state index contributed by atoms with van der Waals surface area (Å²) in [6.45, 7) is 10.5. The molecule has 1 saturated carbocycles. The van der Waals surface area contributed by atoms with E-state index in [1.54, 1.807) is 6.20 Å². The fraction of sp³-hybridized carbons (Fsp3) is 0.571. The van der Waals surface area contributed by atoms with Gasteiger partial charge < -0.3 is 5.32 Å². The summed E-state index contributed by atoms with van der Waals surface area (Å²) >= 11 is 0. The van der Waals surface area contributed by atoms with Crippen molar-refractivity contribution in [3.05, 3.63) is 23.9 Å². The third-order valence-corrected chi connectivity index (χ3v) is 4.45. The Bertz CT molecular complexity index is 432. The minimum atomic E-state index is 0.0677. The summed E-state index contributed by atoms with van der Waals surface area (Å²) in [5, 5.41) is 2.89. The molecule has 1 aromatic rings. The molecule has 92 valence electrons. The first-order valence-electron chi connectivity index (χ1n) is 6.00. The van der Waals surface area contributed by atoms with Gasteiger partial charge in [0.2, 0.25) is 5.91 Å². The maximum Gasteiger partial charge on any atom is 0.229 e. The van der Waals surface area contributed by atoms with Gasteiger partial charge in [0, 0.05) is 12.1 Å². The van der Waals surface area contributed by atoms with E-state index in [9.17, 15) is 4.79 Å². The van der Waals surface area contributed by atoms with Gasteiger partial charge in [-0.05, 0) is 29.4 Å². The molecule has 1 aliphatic carbocycles. The van der Waals surface area contributed by atoms with Gasteiger partial charge in [-0.1, -0.05) is 33.8 Å². The third kappa shape index (κ3) is 1.84. The molecule has 3 heteroatoms. The number of anilines is 1. The molecule has 3 nitrogen and oxygen atoms in total. The van der Waals surface area contributed by atoms with E-state index in [4.69, 9.17) is 0 Å². The number of hydrogen-bond donors (Lipinski definition) is 1. The van der Waals surface area contributed by atoms with E-state index < -0.39 is 0 Å². The summed E-state index contributed by atoms with van der Waals surface area (Å²) in [5.74, 6) is 0.786. The van der Waals surface area contributed by atoms with Gasteiger partial charge in [-0.3, -0.25) is 4.79 Å². The number of carbonyl (C=O) groups is 1. The molecule has 0 spiro atoms. The van der Waals surface area contributed by atoms with Crippen molar-refractivity contribution in [2.75, 3.05) is 5.32 Å². The van der Waals surface area contributed by atoms with E-state index in [-0.39, 0.29) is 22.7 Å². The zero-order chi connectivity index (χ0) is 12.8. The van der Waals surface area contributed by atoms with Gasteiger partial charge >= 0.3 is 0 Å². The molecule has 0 saturated heterocycles. The molecule has 0 aromatic carbocycles. The molecular formula is C14H20N2O. The Labute approximate surface area is 103 Å². The standard InChI is InChI=1S/C14H20N2O/c1-9-6-7-10(15-8-9)16-12(17)11-13(2,3)14(11,4)5/h6-8,11H,1-5H3,(H,15,16,17). The molecule has 0 atom stereocenters. The van der Waals surface area contributed by atoms with E-state index in [1.807, 2.05) is 19.1 Å². The normalized spacial score (nSPS) is 21.0. The number of aromatic nitrogens is 1. The van der Waals surface area contributed by atoms with Crippen molar-refractivity contribution in [1.82, 2.24) is 4.98 Å². The van der Waals surface area contributed by atoms with Crippen LogP contribution in [-0.2, 0) is 4.79 Å². The molecule has 0 bridgehead atoms.